The van der Waals surface area contributed by atoms with Crippen LogP contribution in [0.1, 0.15) is 59.1 Å². The second-order valence-electron chi connectivity index (χ2n) is 10.5. The molecule has 1 saturated heterocycles. The molecule has 2 aromatic heterocycles. The number of hydrogen-bond acceptors (Lipinski definition) is 7. The number of fused-ring (bicyclic) bond motifs is 1. The van der Waals surface area contributed by atoms with Crippen molar-refractivity contribution in [2.75, 3.05) is 24.6 Å². The highest BCUT2D eigenvalue weighted by Gasteiger charge is 2.36. The lowest BCUT2D eigenvalue weighted by molar-refractivity contribution is 0.0412. The highest BCUT2D eigenvalue weighted by molar-refractivity contribution is 6.29. The molecule has 2 unspecified atom stereocenters. The zero-order chi connectivity index (χ0) is 26.9. The summed E-state index contributed by atoms with van der Waals surface area (Å²) in [4.78, 5) is 26.6. The molecule has 1 aromatic carbocycles. The molecular weight excluding hydrogens is 490 g/mol. The molecule has 3 heterocycles. The summed E-state index contributed by atoms with van der Waals surface area (Å²) >= 11 is 6.26. The third-order valence-corrected chi connectivity index (χ3v) is 7.70. The van der Waals surface area contributed by atoms with E-state index in [2.05, 4.69) is 52.7 Å². The molecule has 0 saturated carbocycles. The van der Waals surface area contributed by atoms with Crippen LogP contribution in [0.3, 0.4) is 0 Å². The Morgan fingerprint density at radius 3 is 2.38 bits per heavy atom. The first-order chi connectivity index (χ1) is 17.6. The summed E-state index contributed by atoms with van der Waals surface area (Å²) in [6, 6.07) is 12.3. The van der Waals surface area contributed by atoms with E-state index >= 15 is 0 Å². The number of pyridine rings is 1. The van der Waals surface area contributed by atoms with Gasteiger partial charge in [0.2, 0.25) is 0 Å². The maximum Gasteiger partial charge on any atom is 0.349 e. The predicted molar refractivity (Wildman–Crippen MR) is 149 cm³/mol. The summed E-state index contributed by atoms with van der Waals surface area (Å²) in [5.74, 6) is 1.36. The van der Waals surface area contributed by atoms with Crippen LogP contribution >= 0.6 is 11.6 Å². The van der Waals surface area contributed by atoms with Crippen LogP contribution in [0.25, 0.3) is 11.0 Å². The first-order valence-electron chi connectivity index (χ1n) is 13.0. The molecule has 8 nitrogen and oxygen atoms in total. The third kappa shape index (κ3) is 5.61. The van der Waals surface area contributed by atoms with Crippen molar-refractivity contribution >= 4 is 28.5 Å². The van der Waals surface area contributed by atoms with Crippen molar-refractivity contribution in [1.82, 2.24) is 19.4 Å². The van der Waals surface area contributed by atoms with E-state index in [1.807, 2.05) is 32.0 Å². The van der Waals surface area contributed by atoms with E-state index in [0.717, 1.165) is 37.2 Å². The van der Waals surface area contributed by atoms with Crippen LogP contribution in [0.2, 0.25) is 5.15 Å². The van der Waals surface area contributed by atoms with Gasteiger partial charge in [0.15, 0.2) is 5.82 Å². The summed E-state index contributed by atoms with van der Waals surface area (Å²) in [6.07, 6.45) is 1.86. The number of rotatable bonds is 8. The Hall–Kier alpha value is -2.68. The number of halogens is 1. The summed E-state index contributed by atoms with van der Waals surface area (Å²) in [7, 11) is 1.71. The van der Waals surface area contributed by atoms with Gasteiger partial charge in [-0.3, -0.25) is 9.47 Å². The normalized spacial score (nSPS) is 19.8. The highest BCUT2D eigenvalue weighted by Crippen LogP contribution is 2.34. The average molecular weight is 528 g/mol. The van der Waals surface area contributed by atoms with E-state index in [4.69, 9.17) is 16.3 Å². The maximum absolute atomic E-state index is 12.7. The molecule has 200 valence electrons. The standard InChI is InChI=1S/C28H38ClN5O3/c1-7-20-16-34(26-25-23(13-14-24(29)30-25)32(6)27(36)31-26)21(8-2)15-33(20)18(3)19-9-11-22(12-10-19)37-28(4,5)17-35/h9-14,18,20-21,35H,7-8,15-17H2,1-6H3/t18?,20-,21?/m1/s1. The van der Waals surface area contributed by atoms with Gasteiger partial charge in [0.25, 0.3) is 0 Å². The molecule has 1 aliphatic rings. The van der Waals surface area contributed by atoms with Crippen LogP contribution in [0.4, 0.5) is 5.82 Å². The second-order valence-corrected chi connectivity index (χ2v) is 10.9. The number of aromatic nitrogens is 3. The molecule has 0 spiro atoms. The van der Waals surface area contributed by atoms with Crippen LogP contribution in [0.15, 0.2) is 41.2 Å². The van der Waals surface area contributed by atoms with Gasteiger partial charge in [0, 0.05) is 38.3 Å². The first-order valence-corrected chi connectivity index (χ1v) is 13.4. The Kier molecular flexibility index (Phi) is 8.11. The van der Waals surface area contributed by atoms with Crippen molar-refractivity contribution in [2.24, 2.45) is 7.05 Å². The number of hydrogen-bond donors (Lipinski definition) is 1. The van der Waals surface area contributed by atoms with Gasteiger partial charge in [-0.25, -0.2) is 9.78 Å². The predicted octanol–water partition coefficient (Wildman–Crippen LogP) is 4.57. The Bertz CT molecular complexity index is 1290. The average Bonchev–Trinajstić information content (AvgIpc) is 2.89. The molecule has 0 aliphatic carbocycles. The minimum Gasteiger partial charge on any atom is -0.485 e. The van der Waals surface area contributed by atoms with Crippen molar-refractivity contribution in [3.05, 3.63) is 57.6 Å². The van der Waals surface area contributed by atoms with Crippen molar-refractivity contribution in [1.29, 1.82) is 0 Å². The molecule has 37 heavy (non-hydrogen) atoms. The second kappa shape index (κ2) is 11.0. The number of aliphatic hydroxyl groups excluding tert-OH is 1. The fourth-order valence-corrected chi connectivity index (χ4v) is 5.31. The van der Waals surface area contributed by atoms with Crippen LogP contribution < -0.4 is 15.3 Å². The minimum atomic E-state index is -0.624. The molecule has 1 fully saturated rings. The van der Waals surface area contributed by atoms with Gasteiger partial charge < -0.3 is 14.7 Å². The van der Waals surface area contributed by atoms with Crippen molar-refractivity contribution in [3.63, 3.8) is 0 Å². The first kappa shape index (κ1) is 27.4. The molecule has 3 atom stereocenters. The van der Waals surface area contributed by atoms with Crippen molar-refractivity contribution < 1.29 is 9.84 Å². The van der Waals surface area contributed by atoms with E-state index < -0.39 is 5.60 Å². The van der Waals surface area contributed by atoms with Crippen LogP contribution in [-0.4, -0.2) is 61.9 Å². The Balaban J connectivity index is 1.63. The number of aliphatic hydroxyl groups is 1. The van der Waals surface area contributed by atoms with E-state index in [9.17, 15) is 9.90 Å². The van der Waals surface area contributed by atoms with Gasteiger partial charge in [-0.1, -0.05) is 37.6 Å². The van der Waals surface area contributed by atoms with Gasteiger partial charge in [0.1, 0.15) is 22.0 Å². The smallest absolute Gasteiger partial charge is 0.349 e. The lowest BCUT2D eigenvalue weighted by Crippen LogP contribution is -2.59. The molecule has 4 rings (SSSR count). The van der Waals surface area contributed by atoms with Crippen LogP contribution in [0.5, 0.6) is 5.75 Å². The number of anilines is 1. The zero-order valence-corrected chi connectivity index (χ0v) is 23.4. The quantitative estimate of drug-likeness (QED) is 0.429. The van der Waals surface area contributed by atoms with E-state index in [1.54, 1.807) is 13.1 Å². The SMILES string of the molecule is CCC1CN(C(C)c2ccc(OC(C)(C)CO)cc2)[C@H](CC)CN1c1nc(=O)n(C)c2ccc(Cl)nc12. The molecule has 0 bridgehead atoms. The number of benzene rings is 1. The lowest BCUT2D eigenvalue weighted by Gasteiger charge is -2.49. The van der Waals surface area contributed by atoms with Gasteiger partial charge in [-0.15, -0.1) is 0 Å². The van der Waals surface area contributed by atoms with Gasteiger partial charge >= 0.3 is 5.69 Å². The van der Waals surface area contributed by atoms with E-state index in [1.165, 1.54) is 10.1 Å². The molecule has 9 heteroatoms. The van der Waals surface area contributed by atoms with Gasteiger partial charge in [-0.05, 0) is 63.4 Å². The maximum atomic E-state index is 12.7. The summed E-state index contributed by atoms with van der Waals surface area (Å²) < 4.78 is 7.43. The molecule has 0 amide bonds. The number of ether oxygens (including phenoxy) is 1. The Morgan fingerprint density at radius 2 is 1.76 bits per heavy atom. The number of piperazine rings is 1. The van der Waals surface area contributed by atoms with Gasteiger partial charge in [0.05, 0.1) is 12.1 Å². The molecule has 3 aromatic rings. The highest BCUT2D eigenvalue weighted by atomic mass is 35.5. The topological polar surface area (TPSA) is 83.7 Å². The monoisotopic (exact) mass is 527 g/mol. The minimum absolute atomic E-state index is 0.0502. The van der Waals surface area contributed by atoms with Gasteiger partial charge in [-0.2, -0.15) is 4.98 Å². The lowest BCUT2D eigenvalue weighted by atomic mass is 9.97. The largest absolute Gasteiger partial charge is 0.485 e. The number of aryl methyl sites for hydroxylation is 1. The van der Waals surface area contributed by atoms with Crippen molar-refractivity contribution in [2.45, 2.75) is 71.2 Å². The molecular formula is C28H38ClN5O3. The third-order valence-electron chi connectivity index (χ3n) is 7.49. The fourth-order valence-electron chi connectivity index (χ4n) is 5.16. The molecule has 1 N–H and O–H groups in total. The zero-order valence-electron chi connectivity index (χ0n) is 22.6. The molecule has 1 aliphatic heterocycles. The van der Waals surface area contributed by atoms with Crippen molar-refractivity contribution in [3.8, 4) is 5.75 Å². The van der Waals surface area contributed by atoms with Crippen LogP contribution in [0, 0.1) is 0 Å². The molecule has 0 radical (unpaired) electrons. The number of nitrogens with zero attached hydrogens (tertiary/aromatic N) is 5. The van der Waals surface area contributed by atoms with Crippen LogP contribution in [-0.2, 0) is 7.05 Å². The summed E-state index contributed by atoms with van der Waals surface area (Å²) in [6.45, 7) is 11.9. The Morgan fingerprint density at radius 1 is 1.08 bits per heavy atom. The van der Waals surface area contributed by atoms with E-state index in [0.29, 0.717) is 16.5 Å². The summed E-state index contributed by atoms with van der Waals surface area (Å²) in [5, 5.41) is 9.89. The van der Waals surface area contributed by atoms with E-state index in [-0.39, 0.29) is 30.4 Å². The summed E-state index contributed by atoms with van der Waals surface area (Å²) in [5.41, 5.74) is 1.68. The Labute approximate surface area is 223 Å². The fraction of sp³-hybridized carbons (Fsp3) is 0.536.